The molecule has 1 aliphatic heterocycles. The molecule has 0 unspecified atom stereocenters. The molecule has 7 nitrogen and oxygen atoms in total. The van der Waals surface area contributed by atoms with Crippen LogP contribution in [0, 0.1) is 20.8 Å². The highest BCUT2D eigenvalue weighted by molar-refractivity contribution is 5.84. The van der Waals surface area contributed by atoms with Gasteiger partial charge in [0.1, 0.15) is 5.82 Å². The fourth-order valence-electron chi connectivity index (χ4n) is 5.09. The number of pyridine rings is 1. The third-order valence-corrected chi connectivity index (χ3v) is 6.62. The number of nitrogens with one attached hydrogen (secondary N) is 1. The summed E-state index contributed by atoms with van der Waals surface area (Å²) in [6.45, 7) is 6.96. The van der Waals surface area contributed by atoms with Gasteiger partial charge in [-0.3, -0.25) is 9.48 Å². The van der Waals surface area contributed by atoms with Gasteiger partial charge in [-0.1, -0.05) is 12.1 Å². The molecule has 0 bridgehead atoms. The van der Waals surface area contributed by atoms with E-state index in [4.69, 9.17) is 9.97 Å². The van der Waals surface area contributed by atoms with E-state index in [2.05, 4.69) is 17.0 Å². The number of hydrogen-bond donors (Lipinski definition) is 1. The number of aromatic amines is 1. The molecule has 1 aliphatic rings. The van der Waals surface area contributed by atoms with Crippen molar-refractivity contribution < 1.29 is 4.79 Å². The first-order valence-electron chi connectivity index (χ1n) is 11.0. The first-order valence-corrected chi connectivity index (χ1v) is 11.0. The van der Waals surface area contributed by atoms with E-state index in [1.54, 1.807) is 0 Å². The van der Waals surface area contributed by atoms with Gasteiger partial charge in [0.25, 0.3) is 0 Å². The van der Waals surface area contributed by atoms with Gasteiger partial charge in [-0.25, -0.2) is 9.97 Å². The van der Waals surface area contributed by atoms with E-state index in [9.17, 15) is 4.79 Å². The molecule has 160 valence electrons. The zero-order valence-electron chi connectivity index (χ0n) is 18.6. The smallest absolute Gasteiger partial charge is 0.223 e. The first kappa shape index (κ1) is 19.7. The van der Waals surface area contributed by atoms with Crippen LogP contribution in [0.4, 0.5) is 0 Å². The zero-order valence-corrected chi connectivity index (χ0v) is 18.6. The number of fused-ring (bicyclic) bond motifs is 2. The third kappa shape index (κ3) is 3.28. The van der Waals surface area contributed by atoms with Crippen molar-refractivity contribution >= 4 is 28.0 Å². The number of aryl methyl sites for hydroxylation is 4. The van der Waals surface area contributed by atoms with Crippen molar-refractivity contribution in [3.05, 3.63) is 52.6 Å². The number of carbonyl (C=O) groups is 1. The lowest BCUT2D eigenvalue weighted by molar-refractivity contribution is -0.132. The van der Waals surface area contributed by atoms with Crippen molar-refractivity contribution in [2.45, 2.75) is 52.5 Å². The number of H-pyrrole nitrogens is 1. The molecule has 0 spiro atoms. The van der Waals surface area contributed by atoms with E-state index in [-0.39, 0.29) is 11.9 Å². The highest BCUT2D eigenvalue weighted by Crippen LogP contribution is 2.33. The maximum absolute atomic E-state index is 13.2. The van der Waals surface area contributed by atoms with E-state index in [1.165, 1.54) is 5.56 Å². The number of benzene rings is 1. The van der Waals surface area contributed by atoms with Gasteiger partial charge in [0.2, 0.25) is 5.91 Å². The van der Waals surface area contributed by atoms with Gasteiger partial charge in [-0.15, -0.1) is 0 Å². The number of carbonyl (C=O) groups excluding carboxylic acids is 1. The molecule has 4 heterocycles. The Morgan fingerprint density at radius 3 is 2.77 bits per heavy atom. The van der Waals surface area contributed by atoms with Gasteiger partial charge < -0.3 is 9.88 Å². The predicted octanol–water partition coefficient (Wildman–Crippen LogP) is 4.07. The van der Waals surface area contributed by atoms with Crippen LogP contribution >= 0.6 is 0 Å². The molecule has 1 atom stereocenters. The molecular formula is C24H28N6O. The molecule has 1 aromatic carbocycles. The van der Waals surface area contributed by atoms with Crippen LogP contribution in [0.3, 0.4) is 0 Å². The topological polar surface area (TPSA) is 79.7 Å². The van der Waals surface area contributed by atoms with Gasteiger partial charge in [0.15, 0.2) is 5.65 Å². The van der Waals surface area contributed by atoms with Crippen molar-refractivity contribution in [2.75, 3.05) is 6.54 Å². The van der Waals surface area contributed by atoms with Crippen LogP contribution in [0.2, 0.25) is 0 Å². The third-order valence-electron chi connectivity index (χ3n) is 6.62. The van der Waals surface area contributed by atoms with E-state index in [0.29, 0.717) is 12.8 Å². The molecule has 5 rings (SSSR count). The van der Waals surface area contributed by atoms with Crippen LogP contribution in [0.1, 0.15) is 53.6 Å². The average molecular weight is 417 g/mol. The summed E-state index contributed by atoms with van der Waals surface area (Å²) in [6.07, 6.45) is 3.13. The Hall–Kier alpha value is -3.22. The average Bonchev–Trinajstić information content (AvgIpc) is 3.44. The lowest BCUT2D eigenvalue weighted by Crippen LogP contribution is -2.31. The van der Waals surface area contributed by atoms with Crippen molar-refractivity contribution in [3.63, 3.8) is 0 Å². The summed E-state index contributed by atoms with van der Waals surface area (Å²) >= 11 is 0. The van der Waals surface area contributed by atoms with Crippen LogP contribution in [0.5, 0.6) is 0 Å². The molecule has 1 amide bonds. The first-order chi connectivity index (χ1) is 14.9. The number of amides is 1. The summed E-state index contributed by atoms with van der Waals surface area (Å²) in [7, 11) is 1.93. The predicted molar refractivity (Wildman–Crippen MR) is 121 cm³/mol. The number of imidazole rings is 1. The Balaban J connectivity index is 1.37. The molecule has 31 heavy (non-hydrogen) atoms. The molecule has 0 aliphatic carbocycles. The summed E-state index contributed by atoms with van der Waals surface area (Å²) < 4.78 is 1.84. The van der Waals surface area contributed by atoms with Crippen molar-refractivity contribution in [2.24, 2.45) is 7.05 Å². The summed E-state index contributed by atoms with van der Waals surface area (Å²) in [5.41, 5.74) is 7.21. The maximum Gasteiger partial charge on any atom is 0.223 e. The Bertz CT molecular complexity index is 1270. The Morgan fingerprint density at radius 2 is 1.97 bits per heavy atom. The van der Waals surface area contributed by atoms with Gasteiger partial charge in [0, 0.05) is 31.1 Å². The maximum atomic E-state index is 13.2. The van der Waals surface area contributed by atoms with E-state index >= 15 is 0 Å². The number of para-hydroxylation sites is 2. The number of nitrogens with zero attached hydrogens (tertiary/aromatic N) is 5. The van der Waals surface area contributed by atoms with Crippen LogP contribution in [-0.4, -0.2) is 42.1 Å². The summed E-state index contributed by atoms with van der Waals surface area (Å²) in [6, 6.07) is 8.06. The second kappa shape index (κ2) is 7.48. The van der Waals surface area contributed by atoms with Gasteiger partial charge in [0.05, 0.1) is 22.8 Å². The molecule has 0 saturated carbocycles. The number of likely N-dealkylation sites (tertiary alicyclic amines) is 1. The molecule has 0 radical (unpaired) electrons. The molecule has 4 aromatic rings. The van der Waals surface area contributed by atoms with Crippen molar-refractivity contribution in [1.82, 2.24) is 29.6 Å². The highest BCUT2D eigenvalue weighted by Gasteiger charge is 2.32. The zero-order chi connectivity index (χ0) is 21.7. The largest absolute Gasteiger partial charge is 0.340 e. The molecule has 1 saturated heterocycles. The van der Waals surface area contributed by atoms with E-state index in [1.807, 2.05) is 54.7 Å². The van der Waals surface area contributed by atoms with Gasteiger partial charge >= 0.3 is 0 Å². The Kier molecular flexibility index (Phi) is 4.76. The van der Waals surface area contributed by atoms with Crippen LogP contribution in [0.15, 0.2) is 24.3 Å². The minimum atomic E-state index is 0.0308. The SMILES string of the molecule is Cc1nc2c(c(C)nn2C)c(C)c1CCC(=O)N1CCC[C@@H]1c1nc2ccccc2[nH]1. The van der Waals surface area contributed by atoms with Gasteiger partial charge in [-0.2, -0.15) is 5.10 Å². The van der Waals surface area contributed by atoms with Crippen molar-refractivity contribution in [3.8, 4) is 0 Å². The molecule has 1 N–H and O–H groups in total. The standard InChI is InChI=1S/C24H28N6O/c1-14-17(15(2)25-24-22(14)16(3)28-29(24)4)11-12-21(31)30-13-7-10-20(30)23-26-18-8-5-6-9-19(18)27-23/h5-6,8-9,20H,7,10-13H2,1-4H3,(H,26,27)/t20-/m1/s1. The lowest BCUT2D eigenvalue weighted by atomic mass is 9.99. The summed E-state index contributed by atoms with van der Waals surface area (Å²) in [5, 5.41) is 5.63. The minimum Gasteiger partial charge on any atom is -0.340 e. The normalized spacial score (nSPS) is 16.6. The molecular weight excluding hydrogens is 388 g/mol. The summed E-state index contributed by atoms with van der Waals surface area (Å²) in [5.74, 6) is 1.08. The second-order valence-electron chi connectivity index (χ2n) is 8.59. The number of aromatic nitrogens is 5. The highest BCUT2D eigenvalue weighted by atomic mass is 16.2. The quantitative estimate of drug-likeness (QED) is 0.544. The van der Waals surface area contributed by atoms with Gasteiger partial charge in [-0.05, 0) is 63.3 Å². The summed E-state index contributed by atoms with van der Waals surface area (Å²) in [4.78, 5) is 28.2. The molecule has 7 heteroatoms. The van der Waals surface area contributed by atoms with Crippen LogP contribution in [-0.2, 0) is 18.3 Å². The van der Waals surface area contributed by atoms with Crippen LogP contribution in [0.25, 0.3) is 22.1 Å². The fourth-order valence-corrected chi connectivity index (χ4v) is 5.09. The van der Waals surface area contributed by atoms with Crippen molar-refractivity contribution in [1.29, 1.82) is 0 Å². The Morgan fingerprint density at radius 1 is 1.16 bits per heavy atom. The molecule has 3 aromatic heterocycles. The second-order valence-corrected chi connectivity index (χ2v) is 8.59. The minimum absolute atomic E-state index is 0.0308. The number of rotatable bonds is 4. The Labute approximate surface area is 181 Å². The fraction of sp³-hybridized carbons (Fsp3) is 0.417. The number of hydrogen-bond acceptors (Lipinski definition) is 4. The van der Waals surface area contributed by atoms with E-state index < -0.39 is 0 Å². The molecule has 1 fully saturated rings. The monoisotopic (exact) mass is 416 g/mol. The van der Waals surface area contributed by atoms with E-state index in [0.717, 1.165) is 64.2 Å². The lowest BCUT2D eigenvalue weighted by Gasteiger charge is -2.23. The van der Waals surface area contributed by atoms with Crippen LogP contribution < -0.4 is 0 Å².